The number of halogens is 3. The van der Waals surface area contributed by atoms with Crippen LogP contribution in [0.5, 0.6) is 0 Å². The number of likely N-dealkylation sites (tertiary alicyclic amines) is 1. The molecule has 0 bridgehead atoms. The number of fused-ring (bicyclic) bond motifs is 1. The van der Waals surface area contributed by atoms with Crippen molar-refractivity contribution in [3.63, 3.8) is 0 Å². The first-order valence-electron chi connectivity index (χ1n) is 10.2. The minimum Gasteiger partial charge on any atom is -0.399 e. The molecule has 2 atom stereocenters. The van der Waals surface area contributed by atoms with Crippen molar-refractivity contribution in [2.24, 2.45) is 5.92 Å². The van der Waals surface area contributed by atoms with Gasteiger partial charge in [-0.15, -0.1) is 24.8 Å². The number of carbonyl (C=O) groups is 1. The summed E-state index contributed by atoms with van der Waals surface area (Å²) in [5.74, 6) is -0.0829. The molecule has 30 heavy (non-hydrogen) atoms. The molecule has 0 saturated carbocycles. The molecule has 7 heteroatoms. The Kier molecular flexibility index (Phi) is 8.95. The standard InChI is InChI=1S/C23H28FN3O.2ClH/c24-19-7-1-4-16(12-19)14-27-11-3-6-18(15-27)23(28)26-22-8-2-5-17-13-20(25)9-10-21(17)22;;/h1,4,7,9-10,12-13,18,22H,2-3,5-6,8,11,14-15,25H2,(H,26,28);2*1H. The molecule has 0 aromatic heterocycles. The maximum Gasteiger partial charge on any atom is 0.224 e. The Labute approximate surface area is 190 Å². The summed E-state index contributed by atoms with van der Waals surface area (Å²) in [6, 6.07) is 12.8. The van der Waals surface area contributed by atoms with Crippen LogP contribution in [0.3, 0.4) is 0 Å². The number of carbonyl (C=O) groups excluding carboxylic acids is 1. The van der Waals surface area contributed by atoms with Gasteiger partial charge in [0.15, 0.2) is 0 Å². The molecule has 164 valence electrons. The molecule has 3 N–H and O–H groups in total. The van der Waals surface area contributed by atoms with Crippen molar-refractivity contribution < 1.29 is 9.18 Å². The fourth-order valence-corrected chi connectivity index (χ4v) is 4.58. The van der Waals surface area contributed by atoms with Gasteiger partial charge in [0.05, 0.1) is 12.0 Å². The summed E-state index contributed by atoms with van der Waals surface area (Å²) < 4.78 is 13.4. The molecule has 2 unspecified atom stereocenters. The summed E-state index contributed by atoms with van der Waals surface area (Å²) in [7, 11) is 0. The molecule has 1 heterocycles. The number of amides is 1. The van der Waals surface area contributed by atoms with Crippen molar-refractivity contribution in [2.45, 2.75) is 44.7 Å². The molecule has 2 aromatic carbocycles. The summed E-state index contributed by atoms with van der Waals surface area (Å²) in [6.07, 6.45) is 4.97. The van der Waals surface area contributed by atoms with Crippen LogP contribution in [0.25, 0.3) is 0 Å². The first kappa shape index (κ1) is 24.4. The second-order valence-corrected chi connectivity index (χ2v) is 8.12. The van der Waals surface area contributed by atoms with Gasteiger partial charge < -0.3 is 11.1 Å². The average molecular weight is 454 g/mol. The zero-order chi connectivity index (χ0) is 19.5. The lowest BCUT2D eigenvalue weighted by atomic mass is 9.86. The quantitative estimate of drug-likeness (QED) is 0.661. The third kappa shape index (κ3) is 5.87. The third-order valence-electron chi connectivity index (χ3n) is 5.97. The van der Waals surface area contributed by atoms with Gasteiger partial charge >= 0.3 is 0 Å². The SMILES string of the molecule is Cl.Cl.Nc1ccc2c(c1)CCCC2NC(=O)C1CCCN(Cc2cccc(F)c2)C1. The lowest BCUT2D eigenvalue weighted by Crippen LogP contribution is -2.44. The highest BCUT2D eigenvalue weighted by Crippen LogP contribution is 2.31. The zero-order valence-electron chi connectivity index (χ0n) is 17.0. The second kappa shape index (κ2) is 11.0. The highest BCUT2D eigenvalue weighted by molar-refractivity contribution is 5.85. The van der Waals surface area contributed by atoms with Crippen LogP contribution in [0.4, 0.5) is 10.1 Å². The van der Waals surface area contributed by atoms with Crippen LogP contribution in [0, 0.1) is 11.7 Å². The topological polar surface area (TPSA) is 58.4 Å². The number of rotatable bonds is 4. The number of nitrogen functional groups attached to an aromatic ring is 1. The first-order valence-corrected chi connectivity index (χ1v) is 10.2. The van der Waals surface area contributed by atoms with Crippen LogP contribution in [0.1, 0.15) is 48.4 Å². The number of anilines is 1. The van der Waals surface area contributed by atoms with Gasteiger partial charge in [0.2, 0.25) is 5.91 Å². The van der Waals surface area contributed by atoms with E-state index in [1.807, 2.05) is 18.2 Å². The van der Waals surface area contributed by atoms with Crippen molar-refractivity contribution in [1.29, 1.82) is 0 Å². The molecule has 1 aliphatic heterocycles. The molecule has 0 spiro atoms. The van der Waals surface area contributed by atoms with Crippen LogP contribution in [-0.2, 0) is 17.8 Å². The highest BCUT2D eigenvalue weighted by Gasteiger charge is 2.29. The summed E-state index contributed by atoms with van der Waals surface area (Å²) >= 11 is 0. The van der Waals surface area contributed by atoms with E-state index in [0.29, 0.717) is 6.54 Å². The number of benzene rings is 2. The van der Waals surface area contributed by atoms with E-state index < -0.39 is 0 Å². The average Bonchev–Trinajstić information content (AvgIpc) is 2.68. The molecule has 1 amide bonds. The van der Waals surface area contributed by atoms with Gasteiger partial charge in [-0.25, -0.2) is 4.39 Å². The highest BCUT2D eigenvalue weighted by atomic mass is 35.5. The monoisotopic (exact) mass is 453 g/mol. The Morgan fingerprint density at radius 3 is 2.77 bits per heavy atom. The van der Waals surface area contributed by atoms with Gasteiger partial charge in [-0.3, -0.25) is 9.69 Å². The number of nitrogens with zero attached hydrogens (tertiary/aromatic N) is 1. The van der Waals surface area contributed by atoms with E-state index in [4.69, 9.17) is 5.73 Å². The van der Waals surface area contributed by atoms with E-state index in [9.17, 15) is 9.18 Å². The number of nitrogens with one attached hydrogen (secondary N) is 1. The van der Waals surface area contributed by atoms with E-state index >= 15 is 0 Å². The molecule has 1 aliphatic carbocycles. The molecular formula is C23H30Cl2FN3O. The third-order valence-corrected chi connectivity index (χ3v) is 5.97. The predicted octanol–water partition coefficient (Wildman–Crippen LogP) is 4.66. The molecule has 0 radical (unpaired) electrons. The van der Waals surface area contributed by atoms with Crippen molar-refractivity contribution in [3.05, 3.63) is 65.0 Å². The van der Waals surface area contributed by atoms with Crippen molar-refractivity contribution in [2.75, 3.05) is 18.8 Å². The summed E-state index contributed by atoms with van der Waals surface area (Å²) in [5, 5.41) is 3.29. The second-order valence-electron chi connectivity index (χ2n) is 8.12. The molecule has 4 rings (SSSR count). The minimum absolute atomic E-state index is 0. The number of aryl methyl sites for hydroxylation is 1. The van der Waals surface area contributed by atoms with Gasteiger partial charge in [-0.2, -0.15) is 0 Å². The fourth-order valence-electron chi connectivity index (χ4n) is 4.58. The smallest absolute Gasteiger partial charge is 0.224 e. The van der Waals surface area contributed by atoms with Gasteiger partial charge in [0.25, 0.3) is 0 Å². The largest absolute Gasteiger partial charge is 0.399 e. The fraction of sp³-hybridized carbons (Fsp3) is 0.435. The van der Waals surface area contributed by atoms with Crippen molar-refractivity contribution in [1.82, 2.24) is 10.2 Å². The predicted molar refractivity (Wildman–Crippen MR) is 124 cm³/mol. The van der Waals surface area contributed by atoms with Gasteiger partial charge in [0.1, 0.15) is 5.82 Å². The lowest BCUT2D eigenvalue weighted by Gasteiger charge is -2.34. The van der Waals surface area contributed by atoms with Gasteiger partial charge in [-0.1, -0.05) is 18.2 Å². The summed E-state index contributed by atoms with van der Waals surface area (Å²) in [6.45, 7) is 2.36. The Morgan fingerprint density at radius 1 is 1.13 bits per heavy atom. The van der Waals surface area contributed by atoms with Crippen LogP contribution in [0.15, 0.2) is 42.5 Å². The minimum atomic E-state index is -0.208. The molecule has 4 nitrogen and oxygen atoms in total. The Bertz CT molecular complexity index is 864. The van der Waals surface area contributed by atoms with Crippen LogP contribution >= 0.6 is 24.8 Å². The number of hydrogen-bond donors (Lipinski definition) is 2. The summed E-state index contributed by atoms with van der Waals surface area (Å²) in [5.41, 5.74) is 10.1. The van der Waals surface area contributed by atoms with E-state index in [2.05, 4.69) is 16.3 Å². The van der Waals surface area contributed by atoms with Gasteiger partial charge in [-0.05, 0) is 79.6 Å². The van der Waals surface area contributed by atoms with Gasteiger partial charge in [0, 0.05) is 18.8 Å². The number of piperidine rings is 1. The maximum absolute atomic E-state index is 13.4. The Balaban J connectivity index is 0.00000160. The first-order chi connectivity index (χ1) is 13.6. The zero-order valence-corrected chi connectivity index (χ0v) is 18.6. The maximum atomic E-state index is 13.4. The van der Waals surface area contributed by atoms with Crippen molar-refractivity contribution in [3.8, 4) is 0 Å². The molecule has 2 aliphatic rings. The van der Waals surface area contributed by atoms with Crippen LogP contribution in [0.2, 0.25) is 0 Å². The molecule has 2 aromatic rings. The van der Waals surface area contributed by atoms with E-state index in [1.54, 1.807) is 12.1 Å². The van der Waals surface area contributed by atoms with Crippen molar-refractivity contribution >= 4 is 36.4 Å². The lowest BCUT2D eigenvalue weighted by molar-refractivity contribution is -0.127. The van der Waals surface area contributed by atoms with Crippen LogP contribution in [-0.4, -0.2) is 23.9 Å². The van der Waals surface area contributed by atoms with E-state index in [-0.39, 0.29) is 48.5 Å². The normalized spacial score (nSPS) is 21.0. The van der Waals surface area contributed by atoms with E-state index in [0.717, 1.165) is 56.4 Å². The number of nitrogens with two attached hydrogens (primary N) is 1. The summed E-state index contributed by atoms with van der Waals surface area (Å²) in [4.78, 5) is 15.2. The number of hydrogen-bond acceptors (Lipinski definition) is 3. The molecule has 1 saturated heterocycles. The molecular weight excluding hydrogens is 424 g/mol. The molecule has 1 fully saturated rings. The Morgan fingerprint density at radius 2 is 1.97 bits per heavy atom. The van der Waals surface area contributed by atoms with E-state index in [1.165, 1.54) is 17.2 Å². The Hall–Kier alpha value is -1.82. The van der Waals surface area contributed by atoms with Crippen LogP contribution < -0.4 is 11.1 Å².